The lowest BCUT2D eigenvalue weighted by atomic mass is 9.98. The van der Waals surface area contributed by atoms with Crippen LogP contribution in [0.1, 0.15) is 11.1 Å². The topological polar surface area (TPSA) is 65.5 Å². The van der Waals surface area contributed by atoms with Gasteiger partial charge < -0.3 is 10.2 Å². The van der Waals surface area contributed by atoms with Crippen LogP contribution in [0, 0.1) is 0 Å². The fourth-order valence-corrected chi connectivity index (χ4v) is 3.74. The van der Waals surface area contributed by atoms with Gasteiger partial charge in [0.2, 0.25) is 11.8 Å². The molecular weight excluding hydrogens is 328 g/mol. The summed E-state index contributed by atoms with van der Waals surface area (Å²) < 4.78 is 0. The zero-order valence-corrected chi connectivity index (χ0v) is 14.5. The summed E-state index contributed by atoms with van der Waals surface area (Å²) in [4.78, 5) is 33.5. The maximum Gasteiger partial charge on any atom is 0.246 e. The van der Waals surface area contributed by atoms with Crippen molar-refractivity contribution >= 4 is 11.8 Å². The lowest BCUT2D eigenvalue weighted by Gasteiger charge is -2.45. The third-order valence-corrected chi connectivity index (χ3v) is 5.10. The van der Waals surface area contributed by atoms with Gasteiger partial charge in [-0.15, -0.1) is 0 Å². The second-order valence-corrected chi connectivity index (χ2v) is 6.89. The van der Waals surface area contributed by atoms with E-state index in [9.17, 15) is 9.59 Å². The molecular formula is C20H22N4O2. The van der Waals surface area contributed by atoms with Crippen LogP contribution in [0.4, 0.5) is 0 Å². The number of fused-ring (bicyclic) bond motifs is 1. The molecule has 6 heteroatoms. The third kappa shape index (κ3) is 3.46. The SMILES string of the molecule is O=C1N[C@H](Cc2ccccc2)C(=O)N2CCN(Cc3ccncc3)C[C@H]12. The normalized spacial score (nSPS) is 23.5. The Balaban J connectivity index is 1.42. The highest BCUT2D eigenvalue weighted by molar-refractivity contribution is 5.97. The highest BCUT2D eigenvalue weighted by Gasteiger charge is 2.43. The van der Waals surface area contributed by atoms with Crippen LogP contribution < -0.4 is 5.32 Å². The van der Waals surface area contributed by atoms with E-state index in [0.29, 0.717) is 19.5 Å². The molecule has 0 unspecified atom stereocenters. The number of carbonyl (C=O) groups is 2. The van der Waals surface area contributed by atoms with Crippen LogP contribution in [-0.2, 0) is 22.6 Å². The molecule has 2 aliphatic heterocycles. The van der Waals surface area contributed by atoms with Crippen molar-refractivity contribution in [2.45, 2.75) is 25.0 Å². The van der Waals surface area contributed by atoms with E-state index in [1.165, 1.54) is 0 Å². The van der Waals surface area contributed by atoms with Crippen molar-refractivity contribution in [2.24, 2.45) is 0 Å². The molecule has 4 rings (SSSR count). The fraction of sp³-hybridized carbons (Fsp3) is 0.350. The first-order valence-electron chi connectivity index (χ1n) is 8.97. The number of rotatable bonds is 4. The van der Waals surface area contributed by atoms with Gasteiger partial charge in [-0.2, -0.15) is 0 Å². The Hall–Kier alpha value is -2.73. The standard InChI is InChI=1S/C20H22N4O2/c25-19-18-14-23(13-16-6-8-21-9-7-16)10-11-24(18)20(26)17(22-19)12-15-4-2-1-3-5-15/h1-9,17-18H,10-14H2,(H,22,25)/t17-,18-/m1/s1. The molecule has 1 aromatic carbocycles. The molecule has 2 atom stereocenters. The van der Waals surface area contributed by atoms with Gasteiger partial charge in [-0.1, -0.05) is 30.3 Å². The average Bonchev–Trinajstić information content (AvgIpc) is 2.67. The number of aromatic nitrogens is 1. The minimum Gasteiger partial charge on any atom is -0.342 e. The van der Waals surface area contributed by atoms with Crippen LogP contribution in [0.2, 0.25) is 0 Å². The minimum absolute atomic E-state index is 0.0296. The minimum atomic E-state index is -0.465. The third-order valence-electron chi connectivity index (χ3n) is 5.10. The summed E-state index contributed by atoms with van der Waals surface area (Å²) in [6, 6.07) is 12.9. The van der Waals surface area contributed by atoms with E-state index in [0.717, 1.165) is 24.2 Å². The van der Waals surface area contributed by atoms with Crippen molar-refractivity contribution in [2.75, 3.05) is 19.6 Å². The predicted molar refractivity (Wildman–Crippen MR) is 97.1 cm³/mol. The number of carbonyl (C=O) groups excluding carboxylic acids is 2. The Morgan fingerprint density at radius 2 is 1.77 bits per heavy atom. The molecule has 2 amide bonds. The molecule has 1 N–H and O–H groups in total. The molecule has 6 nitrogen and oxygen atoms in total. The highest BCUT2D eigenvalue weighted by atomic mass is 16.2. The van der Waals surface area contributed by atoms with E-state index in [1.54, 1.807) is 17.3 Å². The Bertz CT molecular complexity index is 781. The Morgan fingerprint density at radius 1 is 1.00 bits per heavy atom. The number of nitrogens with one attached hydrogen (secondary N) is 1. The summed E-state index contributed by atoms with van der Waals surface area (Å²) in [6.07, 6.45) is 4.09. The second-order valence-electron chi connectivity index (χ2n) is 6.89. The number of pyridine rings is 1. The number of nitrogens with zero attached hydrogens (tertiary/aromatic N) is 3. The molecule has 0 aliphatic carbocycles. The van der Waals surface area contributed by atoms with Crippen molar-refractivity contribution < 1.29 is 9.59 Å². The number of hydrogen-bond donors (Lipinski definition) is 1. The molecule has 2 aliphatic rings. The van der Waals surface area contributed by atoms with Crippen molar-refractivity contribution in [3.8, 4) is 0 Å². The van der Waals surface area contributed by atoms with E-state index in [4.69, 9.17) is 0 Å². The molecule has 0 radical (unpaired) electrons. The lowest BCUT2D eigenvalue weighted by molar-refractivity contribution is -0.153. The van der Waals surface area contributed by atoms with E-state index < -0.39 is 12.1 Å². The predicted octanol–water partition coefficient (Wildman–Crippen LogP) is 0.835. The quantitative estimate of drug-likeness (QED) is 0.887. The maximum atomic E-state index is 12.9. The van der Waals surface area contributed by atoms with E-state index in [1.807, 2.05) is 42.5 Å². The van der Waals surface area contributed by atoms with Crippen molar-refractivity contribution in [3.63, 3.8) is 0 Å². The van der Waals surface area contributed by atoms with E-state index in [-0.39, 0.29) is 11.8 Å². The Morgan fingerprint density at radius 3 is 2.54 bits per heavy atom. The highest BCUT2D eigenvalue weighted by Crippen LogP contribution is 2.19. The lowest BCUT2D eigenvalue weighted by Crippen LogP contribution is -2.69. The van der Waals surface area contributed by atoms with Gasteiger partial charge in [-0.25, -0.2) is 0 Å². The van der Waals surface area contributed by atoms with Gasteiger partial charge in [-0.05, 0) is 23.3 Å². The number of hydrogen-bond acceptors (Lipinski definition) is 4. The molecule has 134 valence electrons. The summed E-state index contributed by atoms with van der Waals surface area (Å²) in [7, 11) is 0. The summed E-state index contributed by atoms with van der Waals surface area (Å²) >= 11 is 0. The molecule has 3 heterocycles. The van der Waals surface area contributed by atoms with Gasteiger partial charge in [0.05, 0.1) is 0 Å². The largest absolute Gasteiger partial charge is 0.342 e. The second kappa shape index (κ2) is 7.25. The van der Waals surface area contributed by atoms with E-state index >= 15 is 0 Å². The summed E-state index contributed by atoms with van der Waals surface area (Å²) in [5.41, 5.74) is 2.22. The van der Waals surface area contributed by atoms with Crippen LogP contribution in [0.15, 0.2) is 54.9 Å². The van der Waals surface area contributed by atoms with Crippen LogP contribution in [0.25, 0.3) is 0 Å². The van der Waals surface area contributed by atoms with Gasteiger partial charge in [0.1, 0.15) is 12.1 Å². The van der Waals surface area contributed by atoms with Gasteiger partial charge in [0.15, 0.2) is 0 Å². The van der Waals surface area contributed by atoms with Crippen molar-refractivity contribution in [1.29, 1.82) is 0 Å². The van der Waals surface area contributed by atoms with E-state index in [2.05, 4.69) is 15.2 Å². The molecule has 1 aromatic heterocycles. The Labute approximate surface area is 152 Å². The molecule has 0 spiro atoms. The number of piperazine rings is 2. The van der Waals surface area contributed by atoms with Crippen LogP contribution in [0.5, 0.6) is 0 Å². The molecule has 2 fully saturated rings. The molecule has 0 bridgehead atoms. The first kappa shape index (κ1) is 16.7. The number of benzene rings is 1. The van der Waals surface area contributed by atoms with Crippen molar-refractivity contribution in [1.82, 2.24) is 20.1 Å². The van der Waals surface area contributed by atoms with Crippen LogP contribution >= 0.6 is 0 Å². The maximum absolute atomic E-state index is 12.9. The summed E-state index contributed by atoms with van der Waals surface area (Å²) in [6.45, 7) is 2.70. The van der Waals surface area contributed by atoms with Gasteiger partial charge in [0.25, 0.3) is 0 Å². The molecule has 26 heavy (non-hydrogen) atoms. The van der Waals surface area contributed by atoms with Gasteiger partial charge in [0, 0.05) is 45.0 Å². The number of amides is 2. The molecule has 2 saturated heterocycles. The van der Waals surface area contributed by atoms with Crippen molar-refractivity contribution in [3.05, 3.63) is 66.0 Å². The summed E-state index contributed by atoms with van der Waals surface area (Å²) in [5.74, 6) is -0.0213. The monoisotopic (exact) mass is 350 g/mol. The average molecular weight is 350 g/mol. The zero-order valence-electron chi connectivity index (χ0n) is 14.5. The van der Waals surface area contributed by atoms with Gasteiger partial charge >= 0.3 is 0 Å². The first-order chi connectivity index (χ1) is 12.7. The fourth-order valence-electron chi connectivity index (χ4n) is 3.74. The molecule has 0 saturated carbocycles. The molecule has 2 aromatic rings. The smallest absolute Gasteiger partial charge is 0.246 e. The zero-order chi connectivity index (χ0) is 17.9. The van der Waals surface area contributed by atoms with Crippen LogP contribution in [0.3, 0.4) is 0 Å². The summed E-state index contributed by atoms with van der Waals surface area (Å²) in [5, 5.41) is 2.93. The first-order valence-corrected chi connectivity index (χ1v) is 8.97. The Kier molecular flexibility index (Phi) is 4.67. The van der Waals surface area contributed by atoms with Crippen LogP contribution in [-0.4, -0.2) is 58.3 Å². The van der Waals surface area contributed by atoms with Gasteiger partial charge in [-0.3, -0.25) is 19.5 Å².